The molecular formula is C20H23N3S. The Kier molecular flexibility index (Phi) is 4.50. The van der Waals surface area contributed by atoms with Gasteiger partial charge in [0, 0.05) is 30.3 Å². The monoisotopic (exact) mass is 337 g/mol. The van der Waals surface area contributed by atoms with Crippen LogP contribution in [0.3, 0.4) is 0 Å². The molecule has 1 aliphatic heterocycles. The summed E-state index contributed by atoms with van der Waals surface area (Å²) in [5.74, 6) is 0.537. The molecule has 0 aliphatic carbocycles. The van der Waals surface area contributed by atoms with E-state index in [1.807, 2.05) is 6.20 Å². The normalized spacial score (nSPS) is 18.8. The summed E-state index contributed by atoms with van der Waals surface area (Å²) in [5.41, 5.74) is 6.63. The number of nitrogens with one attached hydrogen (secondary N) is 1. The van der Waals surface area contributed by atoms with Crippen molar-refractivity contribution < 1.29 is 0 Å². The molecule has 0 spiro atoms. The van der Waals surface area contributed by atoms with Crippen molar-refractivity contribution in [1.29, 1.82) is 0 Å². The summed E-state index contributed by atoms with van der Waals surface area (Å²) in [5, 5.41) is 12.1. The molecule has 1 aliphatic rings. The second-order valence-electron chi connectivity index (χ2n) is 6.72. The molecule has 1 N–H and O–H groups in total. The van der Waals surface area contributed by atoms with Crippen molar-refractivity contribution in [2.45, 2.75) is 32.2 Å². The molecule has 3 nitrogen and oxygen atoms in total. The highest BCUT2D eigenvalue weighted by atomic mass is 32.1. The quantitative estimate of drug-likeness (QED) is 0.740. The Balaban J connectivity index is 1.56. The van der Waals surface area contributed by atoms with Crippen LogP contribution in [0.5, 0.6) is 0 Å². The molecule has 0 saturated carbocycles. The van der Waals surface area contributed by atoms with Crippen LogP contribution in [0.25, 0.3) is 11.1 Å². The maximum atomic E-state index is 4.37. The Morgan fingerprint density at radius 3 is 3.00 bits per heavy atom. The molecule has 1 saturated heterocycles. The Hall–Kier alpha value is -1.91. The molecule has 0 amide bonds. The SMILES string of the molecule is Cc1ccccc1-c1cn[nH]c1C1CCCN(Cc2ccsc2)C1. The summed E-state index contributed by atoms with van der Waals surface area (Å²) < 4.78 is 0. The number of hydrogen-bond acceptors (Lipinski definition) is 3. The summed E-state index contributed by atoms with van der Waals surface area (Å²) in [7, 11) is 0. The van der Waals surface area contributed by atoms with Crippen LogP contribution < -0.4 is 0 Å². The predicted octanol–water partition coefficient (Wildman–Crippen LogP) is 4.83. The van der Waals surface area contributed by atoms with Crippen molar-refractivity contribution in [3.8, 4) is 11.1 Å². The summed E-state index contributed by atoms with van der Waals surface area (Å²) in [6.07, 6.45) is 4.48. The molecule has 1 atom stereocenters. The van der Waals surface area contributed by atoms with Crippen LogP contribution in [0.15, 0.2) is 47.3 Å². The molecule has 1 unspecified atom stereocenters. The second kappa shape index (κ2) is 6.91. The molecule has 0 bridgehead atoms. The van der Waals surface area contributed by atoms with Gasteiger partial charge in [0.2, 0.25) is 0 Å². The lowest BCUT2D eigenvalue weighted by Crippen LogP contribution is -2.34. The van der Waals surface area contributed by atoms with Crippen molar-refractivity contribution in [3.05, 3.63) is 64.1 Å². The van der Waals surface area contributed by atoms with Gasteiger partial charge in [-0.05, 0) is 59.8 Å². The van der Waals surface area contributed by atoms with E-state index in [0.29, 0.717) is 5.92 Å². The third kappa shape index (κ3) is 3.17. The van der Waals surface area contributed by atoms with Crippen LogP contribution in [0.1, 0.15) is 35.6 Å². The molecule has 124 valence electrons. The van der Waals surface area contributed by atoms with E-state index in [9.17, 15) is 0 Å². The number of thiophene rings is 1. The predicted molar refractivity (Wildman–Crippen MR) is 100 cm³/mol. The van der Waals surface area contributed by atoms with Crippen molar-refractivity contribution in [3.63, 3.8) is 0 Å². The zero-order valence-electron chi connectivity index (χ0n) is 14.0. The fourth-order valence-corrected chi connectivity index (χ4v) is 4.43. The fraction of sp³-hybridized carbons (Fsp3) is 0.350. The minimum atomic E-state index is 0.537. The van der Waals surface area contributed by atoms with Gasteiger partial charge in [-0.3, -0.25) is 10.00 Å². The molecule has 4 rings (SSSR count). The van der Waals surface area contributed by atoms with E-state index in [0.717, 1.165) is 13.1 Å². The number of aromatic nitrogens is 2. The number of nitrogens with zero attached hydrogens (tertiary/aromatic N) is 2. The van der Waals surface area contributed by atoms with Crippen LogP contribution >= 0.6 is 11.3 Å². The van der Waals surface area contributed by atoms with Gasteiger partial charge in [0.1, 0.15) is 0 Å². The van der Waals surface area contributed by atoms with Crippen LogP contribution in [0.2, 0.25) is 0 Å². The Morgan fingerprint density at radius 1 is 1.25 bits per heavy atom. The summed E-state index contributed by atoms with van der Waals surface area (Å²) >= 11 is 1.79. The number of rotatable bonds is 4. The molecule has 3 aromatic rings. The number of likely N-dealkylation sites (tertiary alicyclic amines) is 1. The van der Waals surface area contributed by atoms with E-state index >= 15 is 0 Å². The summed E-state index contributed by atoms with van der Waals surface area (Å²) in [4.78, 5) is 2.58. The molecule has 1 fully saturated rings. The van der Waals surface area contributed by atoms with Gasteiger partial charge in [-0.1, -0.05) is 24.3 Å². The first kappa shape index (κ1) is 15.6. The first-order valence-corrected chi connectivity index (χ1v) is 9.58. The number of benzene rings is 1. The molecule has 0 radical (unpaired) electrons. The summed E-state index contributed by atoms with van der Waals surface area (Å²) in [6, 6.07) is 10.8. The Labute approximate surface area is 147 Å². The van der Waals surface area contributed by atoms with Crippen LogP contribution in [0.4, 0.5) is 0 Å². The van der Waals surface area contributed by atoms with E-state index in [1.165, 1.54) is 47.3 Å². The average molecular weight is 337 g/mol. The van der Waals surface area contributed by atoms with Crippen LogP contribution in [-0.4, -0.2) is 28.2 Å². The van der Waals surface area contributed by atoms with E-state index in [-0.39, 0.29) is 0 Å². The molecule has 24 heavy (non-hydrogen) atoms. The van der Waals surface area contributed by atoms with Crippen LogP contribution in [-0.2, 0) is 6.54 Å². The van der Waals surface area contributed by atoms with Gasteiger partial charge in [-0.25, -0.2) is 0 Å². The van der Waals surface area contributed by atoms with Gasteiger partial charge in [-0.2, -0.15) is 16.4 Å². The first-order chi connectivity index (χ1) is 11.8. The lowest BCUT2D eigenvalue weighted by molar-refractivity contribution is 0.199. The molecule has 4 heteroatoms. The molecule has 3 heterocycles. The summed E-state index contributed by atoms with van der Waals surface area (Å²) in [6.45, 7) is 5.54. The van der Waals surface area contributed by atoms with Crippen LogP contribution in [0, 0.1) is 6.92 Å². The number of piperidine rings is 1. The van der Waals surface area contributed by atoms with Gasteiger partial charge in [0.15, 0.2) is 0 Å². The maximum absolute atomic E-state index is 4.37. The number of hydrogen-bond donors (Lipinski definition) is 1. The minimum absolute atomic E-state index is 0.537. The highest BCUT2D eigenvalue weighted by Gasteiger charge is 2.25. The first-order valence-electron chi connectivity index (χ1n) is 8.64. The molecular weight excluding hydrogens is 314 g/mol. The van der Waals surface area contributed by atoms with E-state index in [4.69, 9.17) is 0 Å². The van der Waals surface area contributed by atoms with Gasteiger partial charge in [0.05, 0.1) is 6.20 Å². The zero-order valence-corrected chi connectivity index (χ0v) is 14.9. The number of H-pyrrole nitrogens is 1. The van der Waals surface area contributed by atoms with E-state index in [2.05, 4.69) is 63.1 Å². The standard InChI is InChI=1S/C20H23N3S/c1-15-5-2-3-7-18(15)19-11-21-22-20(19)17-6-4-9-23(13-17)12-16-8-10-24-14-16/h2-3,5,7-8,10-11,14,17H,4,6,9,12-13H2,1H3,(H,21,22). The van der Waals surface area contributed by atoms with Gasteiger partial charge >= 0.3 is 0 Å². The van der Waals surface area contributed by atoms with E-state index < -0.39 is 0 Å². The highest BCUT2D eigenvalue weighted by molar-refractivity contribution is 7.07. The second-order valence-corrected chi connectivity index (χ2v) is 7.50. The zero-order chi connectivity index (χ0) is 16.4. The third-order valence-corrected chi connectivity index (χ3v) is 5.74. The van der Waals surface area contributed by atoms with Crippen molar-refractivity contribution >= 4 is 11.3 Å². The maximum Gasteiger partial charge on any atom is 0.0568 e. The smallest absolute Gasteiger partial charge is 0.0568 e. The fourth-order valence-electron chi connectivity index (χ4n) is 3.77. The third-order valence-electron chi connectivity index (χ3n) is 5.00. The Bertz CT molecular complexity index is 791. The van der Waals surface area contributed by atoms with Gasteiger partial charge in [0.25, 0.3) is 0 Å². The molecule has 2 aromatic heterocycles. The van der Waals surface area contributed by atoms with Crippen molar-refractivity contribution in [2.75, 3.05) is 13.1 Å². The van der Waals surface area contributed by atoms with Gasteiger partial charge in [-0.15, -0.1) is 0 Å². The number of aromatic amines is 1. The topological polar surface area (TPSA) is 31.9 Å². The Morgan fingerprint density at radius 2 is 2.17 bits per heavy atom. The highest BCUT2D eigenvalue weighted by Crippen LogP contribution is 2.34. The lowest BCUT2D eigenvalue weighted by atomic mass is 9.89. The lowest BCUT2D eigenvalue weighted by Gasteiger charge is -2.32. The van der Waals surface area contributed by atoms with Gasteiger partial charge < -0.3 is 0 Å². The largest absolute Gasteiger partial charge is 0.298 e. The van der Waals surface area contributed by atoms with Crippen molar-refractivity contribution in [2.24, 2.45) is 0 Å². The minimum Gasteiger partial charge on any atom is -0.298 e. The molecule has 1 aromatic carbocycles. The van der Waals surface area contributed by atoms with E-state index in [1.54, 1.807) is 11.3 Å². The van der Waals surface area contributed by atoms with Crippen molar-refractivity contribution in [1.82, 2.24) is 15.1 Å². The number of aryl methyl sites for hydroxylation is 1. The average Bonchev–Trinajstić information content (AvgIpc) is 3.27.